The highest BCUT2D eigenvalue weighted by molar-refractivity contribution is 5.93. The molecule has 2 aliphatic rings. The third kappa shape index (κ3) is 5.64. The van der Waals surface area contributed by atoms with Crippen LogP contribution in [0.5, 0.6) is 0 Å². The lowest BCUT2D eigenvalue weighted by molar-refractivity contribution is -0.142. The number of benzene rings is 1. The number of primary amides is 1. The number of hydrogen-bond acceptors (Lipinski definition) is 5. The minimum atomic E-state index is -0.742. The highest BCUT2D eigenvalue weighted by Crippen LogP contribution is 2.44. The number of ether oxygens (including phenoxy) is 1. The maximum absolute atomic E-state index is 12.0. The van der Waals surface area contributed by atoms with Crippen LogP contribution >= 0.6 is 0 Å². The van der Waals surface area contributed by atoms with Gasteiger partial charge in [-0.2, -0.15) is 0 Å². The molecule has 3 atom stereocenters. The Bertz CT molecular complexity index is 845. The van der Waals surface area contributed by atoms with Crippen molar-refractivity contribution in [3.63, 3.8) is 0 Å². The zero-order chi connectivity index (χ0) is 24.9. The fraction of sp³-hybridized carbons (Fsp3) is 0.704. The topological polar surface area (TPSA) is 122 Å². The first kappa shape index (κ1) is 26.6. The van der Waals surface area contributed by atoms with Gasteiger partial charge in [-0.05, 0) is 87.1 Å². The molecule has 1 fully saturated rings. The second kappa shape index (κ2) is 11.6. The molecular formula is C27H42N2O5. The van der Waals surface area contributed by atoms with E-state index >= 15 is 0 Å². The summed E-state index contributed by atoms with van der Waals surface area (Å²) in [6, 6.07) is 5.74. The molecule has 0 aromatic heterocycles. The summed E-state index contributed by atoms with van der Waals surface area (Å²) in [7, 11) is 1.73. The quantitative estimate of drug-likeness (QED) is 0.390. The lowest BCUT2D eigenvalue weighted by atomic mass is 9.62. The molecule has 0 aliphatic heterocycles. The van der Waals surface area contributed by atoms with Gasteiger partial charge in [0.05, 0.1) is 18.1 Å². The molecule has 1 aromatic carbocycles. The summed E-state index contributed by atoms with van der Waals surface area (Å²) in [6.45, 7) is 4.91. The number of methoxy groups -OCH3 is 1. The van der Waals surface area contributed by atoms with E-state index in [1.165, 1.54) is 5.56 Å². The average Bonchev–Trinajstić information content (AvgIpc) is 2.83. The Morgan fingerprint density at radius 1 is 1.21 bits per heavy atom. The van der Waals surface area contributed by atoms with Gasteiger partial charge in [0.1, 0.15) is 0 Å². The molecule has 7 nitrogen and oxygen atoms in total. The van der Waals surface area contributed by atoms with Crippen molar-refractivity contribution in [1.29, 1.82) is 0 Å². The lowest BCUT2D eigenvalue weighted by Crippen LogP contribution is -2.59. The first-order chi connectivity index (χ1) is 16.2. The molecule has 190 valence electrons. The normalized spacial score (nSPS) is 27.1. The largest absolute Gasteiger partial charge is 0.481 e. The highest BCUT2D eigenvalue weighted by atomic mass is 16.5. The first-order valence-corrected chi connectivity index (χ1v) is 12.9. The smallest absolute Gasteiger partial charge is 0.306 e. The summed E-state index contributed by atoms with van der Waals surface area (Å²) in [6.07, 6.45) is 6.76. The Morgan fingerprint density at radius 3 is 2.44 bits per heavy atom. The summed E-state index contributed by atoms with van der Waals surface area (Å²) < 4.78 is 5.94. The van der Waals surface area contributed by atoms with Gasteiger partial charge in [-0.25, -0.2) is 0 Å². The van der Waals surface area contributed by atoms with E-state index < -0.39 is 17.8 Å². The van der Waals surface area contributed by atoms with Crippen molar-refractivity contribution < 1.29 is 24.5 Å². The number of carbonyl (C=O) groups excluding carboxylic acids is 1. The summed E-state index contributed by atoms with van der Waals surface area (Å²) in [5.74, 6) is -1.20. The van der Waals surface area contributed by atoms with Crippen molar-refractivity contribution in [2.24, 2.45) is 17.6 Å². The van der Waals surface area contributed by atoms with Crippen LogP contribution in [0.2, 0.25) is 0 Å². The van der Waals surface area contributed by atoms with Crippen LogP contribution in [0.3, 0.4) is 0 Å². The zero-order valence-corrected chi connectivity index (χ0v) is 20.9. The summed E-state index contributed by atoms with van der Waals surface area (Å²) in [5.41, 5.74) is 8.19. The third-order valence-corrected chi connectivity index (χ3v) is 8.52. The van der Waals surface area contributed by atoms with E-state index in [2.05, 4.69) is 19.2 Å². The molecule has 1 saturated carbocycles. The van der Waals surface area contributed by atoms with E-state index in [1.807, 2.05) is 12.1 Å². The second-order valence-electron chi connectivity index (χ2n) is 10.2. The van der Waals surface area contributed by atoms with Gasteiger partial charge in [0, 0.05) is 30.6 Å². The van der Waals surface area contributed by atoms with Gasteiger partial charge in [-0.15, -0.1) is 0 Å². The minimum Gasteiger partial charge on any atom is -0.481 e. The number of rotatable bonds is 11. The molecule has 7 heteroatoms. The maximum atomic E-state index is 12.0. The van der Waals surface area contributed by atoms with Crippen LogP contribution in [-0.2, 0) is 21.4 Å². The fourth-order valence-corrected chi connectivity index (χ4v) is 6.38. The van der Waals surface area contributed by atoms with Gasteiger partial charge >= 0.3 is 5.97 Å². The predicted octanol–water partition coefficient (Wildman–Crippen LogP) is 3.40. The summed E-state index contributed by atoms with van der Waals surface area (Å²) in [5, 5.41) is 23.3. The summed E-state index contributed by atoms with van der Waals surface area (Å²) in [4.78, 5) is 23.9. The van der Waals surface area contributed by atoms with E-state index in [4.69, 9.17) is 10.5 Å². The average molecular weight is 475 g/mol. The molecule has 0 heterocycles. The first-order valence-electron chi connectivity index (χ1n) is 12.9. The molecule has 0 saturated heterocycles. The highest BCUT2D eigenvalue weighted by Gasteiger charge is 2.46. The number of fused-ring (bicyclic) bond motifs is 1. The number of amides is 1. The van der Waals surface area contributed by atoms with Crippen molar-refractivity contribution in [3.05, 3.63) is 34.9 Å². The molecule has 5 N–H and O–H groups in total. The Labute approximate surface area is 203 Å². The third-order valence-electron chi connectivity index (χ3n) is 8.52. The Hall–Kier alpha value is -1.96. The molecule has 0 radical (unpaired) electrons. The SMILES string of the molecule is CCC1(CC)c2cc(C(N)=O)ccc2CC(OC)[C@H]1NCCC(C[C@H]1CC[C@@H](O)CC1)C(=O)O. The van der Waals surface area contributed by atoms with Crippen molar-refractivity contribution in [1.82, 2.24) is 5.32 Å². The number of nitrogens with one attached hydrogen (secondary N) is 1. The number of hydrogen-bond donors (Lipinski definition) is 4. The van der Waals surface area contributed by atoms with Gasteiger partial charge in [0.25, 0.3) is 0 Å². The Morgan fingerprint density at radius 2 is 1.88 bits per heavy atom. The van der Waals surface area contributed by atoms with Crippen molar-refractivity contribution in [2.45, 2.75) is 95.3 Å². The molecule has 1 aromatic rings. The number of carboxylic acids is 1. The van der Waals surface area contributed by atoms with Crippen LogP contribution in [0.15, 0.2) is 18.2 Å². The number of aliphatic hydroxyl groups is 1. The molecular weight excluding hydrogens is 432 g/mol. The molecule has 0 bridgehead atoms. The zero-order valence-electron chi connectivity index (χ0n) is 20.9. The van der Waals surface area contributed by atoms with Crippen LogP contribution in [0.4, 0.5) is 0 Å². The van der Waals surface area contributed by atoms with Crippen LogP contribution in [-0.4, -0.2) is 54.0 Å². The number of aliphatic carboxylic acids is 1. The minimum absolute atomic E-state index is 0.00222. The van der Waals surface area contributed by atoms with Crippen molar-refractivity contribution in [2.75, 3.05) is 13.7 Å². The number of aliphatic hydroxyl groups excluding tert-OH is 1. The van der Waals surface area contributed by atoms with Gasteiger partial charge in [0.2, 0.25) is 5.91 Å². The fourth-order valence-electron chi connectivity index (χ4n) is 6.38. The van der Waals surface area contributed by atoms with Crippen molar-refractivity contribution in [3.8, 4) is 0 Å². The molecule has 2 unspecified atom stereocenters. The van der Waals surface area contributed by atoms with Crippen LogP contribution in [0, 0.1) is 11.8 Å². The van der Waals surface area contributed by atoms with E-state index in [1.54, 1.807) is 13.2 Å². The van der Waals surface area contributed by atoms with Gasteiger partial charge in [0.15, 0.2) is 0 Å². The van der Waals surface area contributed by atoms with Gasteiger partial charge in [-0.1, -0.05) is 19.9 Å². The molecule has 2 aliphatic carbocycles. The Kier molecular flexibility index (Phi) is 9.13. The molecule has 1 amide bonds. The second-order valence-corrected chi connectivity index (χ2v) is 10.2. The monoisotopic (exact) mass is 474 g/mol. The number of carboxylic acid groups (broad SMARTS) is 1. The van der Waals surface area contributed by atoms with Gasteiger partial charge < -0.3 is 26.0 Å². The van der Waals surface area contributed by atoms with E-state index in [0.717, 1.165) is 50.5 Å². The number of carbonyl (C=O) groups is 2. The van der Waals surface area contributed by atoms with E-state index in [0.29, 0.717) is 30.9 Å². The van der Waals surface area contributed by atoms with Crippen LogP contribution in [0.1, 0.15) is 86.7 Å². The summed E-state index contributed by atoms with van der Waals surface area (Å²) >= 11 is 0. The van der Waals surface area contributed by atoms with E-state index in [-0.39, 0.29) is 23.7 Å². The van der Waals surface area contributed by atoms with Crippen molar-refractivity contribution >= 4 is 11.9 Å². The molecule has 3 rings (SSSR count). The molecule has 0 spiro atoms. The Balaban J connectivity index is 1.76. The lowest BCUT2D eigenvalue weighted by Gasteiger charge is -2.49. The number of nitrogens with two attached hydrogens (primary N) is 1. The molecule has 34 heavy (non-hydrogen) atoms. The van der Waals surface area contributed by atoms with E-state index in [9.17, 15) is 19.8 Å². The standard InChI is InChI=1S/C27H42N2O5/c1-4-27(5-2)22-15-19(25(28)31)9-8-18(22)16-23(34-3)24(27)29-13-12-20(26(32)33)14-17-6-10-21(30)11-7-17/h8-9,15,17,20-21,23-24,29-30H,4-7,10-14,16H2,1-3H3,(H2,28,31)(H,32,33)/t17-,20?,21+,23?,24-/m1/s1. The van der Waals surface area contributed by atoms with Gasteiger partial charge in [-0.3, -0.25) is 9.59 Å². The predicted molar refractivity (Wildman–Crippen MR) is 132 cm³/mol. The van der Waals surface area contributed by atoms with Crippen LogP contribution in [0.25, 0.3) is 0 Å². The van der Waals surface area contributed by atoms with Crippen LogP contribution < -0.4 is 11.1 Å². The maximum Gasteiger partial charge on any atom is 0.306 e.